The molecule has 0 saturated carbocycles. The fourth-order valence-electron chi connectivity index (χ4n) is 1.09. The van der Waals surface area contributed by atoms with Crippen molar-refractivity contribution in [2.45, 2.75) is 39.5 Å². The Kier molecular flexibility index (Phi) is 7.67. The molecule has 0 aliphatic heterocycles. The molecule has 0 aliphatic carbocycles. The average molecular weight is 242 g/mol. The summed E-state index contributed by atoms with van der Waals surface area (Å²) in [6.45, 7) is 3.14. The van der Waals surface area contributed by atoms with Crippen molar-refractivity contribution >= 4 is 17.7 Å². The molecule has 0 saturated heterocycles. The van der Waals surface area contributed by atoms with Gasteiger partial charge in [-0.1, -0.05) is 6.08 Å². The van der Waals surface area contributed by atoms with Crippen molar-refractivity contribution in [3.8, 4) is 0 Å². The van der Waals surface area contributed by atoms with Crippen molar-refractivity contribution in [2.75, 3.05) is 6.61 Å². The summed E-state index contributed by atoms with van der Waals surface area (Å²) in [5, 5.41) is 8.57. The summed E-state index contributed by atoms with van der Waals surface area (Å²) in [5.41, 5.74) is 0.318. The summed E-state index contributed by atoms with van der Waals surface area (Å²) in [5.74, 6) is -1.64. The van der Waals surface area contributed by atoms with E-state index in [0.29, 0.717) is 18.4 Å². The monoisotopic (exact) mass is 242 g/mol. The molecule has 0 amide bonds. The second kappa shape index (κ2) is 8.50. The molecular formula is C12H18O5. The van der Waals surface area contributed by atoms with Gasteiger partial charge in [-0.15, -0.1) is 0 Å². The lowest BCUT2D eigenvalue weighted by atomic mass is 10.2. The van der Waals surface area contributed by atoms with Crippen LogP contribution < -0.4 is 0 Å². The molecular weight excluding hydrogens is 224 g/mol. The molecule has 0 spiro atoms. The van der Waals surface area contributed by atoms with E-state index >= 15 is 0 Å². The Hall–Kier alpha value is -1.65. The number of allylic oxidation sites excluding steroid dienone is 1. The molecule has 0 bridgehead atoms. The number of Topliss-reactive ketones (excluding diaryl/α,β-unsaturated/α-hetero) is 1. The van der Waals surface area contributed by atoms with Crippen LogP contribution in [-0.2, 0) is 19.1 Å². The molecule has 96 valence electrons. The van der Waals surface area contributed by atoms with Crippen LogP contribution in [0.2, 0.25) is 0 Å². The zero-order valence-electron chi connectivity index (χ0n) is 10.2. The van der Waals surface area contributed by atoms with Crippen LogP contribution in [0, 0.1) is 0 Å². The molecule has 0 aliphatic rings. The number of ketones is 1. The minimum Gasteiger partial charge on any atom is -0.478 e. The van der Waals surface area contributed by atoms with Gasteiger partial charge in [0.2, 0.25) is 0 Å². The van der Waals surface area contributed by atoms with Crippen molar-refractivity contribution in [1.82, 2.24) is 0 Å². The van der Waals surface area contributed by atoms with E-state index in [1.165, 1.54) is 13.8 Å². The number of carboxylic acids is 1. The highest BCUT2D eigenvalue weighted by Gasteiger charge is 2.05. The highest BCUT2D eigenvalue weighted by Crippen LogP contribution is 2.02. The average Bonchev–Trinajstić information content (AvgIpc) is 2.21. The molecule has 0 unspecified atom stereocenters. The molecule has 1 N–H and O–H groups in total. The summed E-state index contributed by atoms with van der Waals surface area (Å²) >= 11 is 0. The van der Waals surface area contributed by atoms with Crippen molar-refractivity contribution in [3.05, 3.63) is 11.6 Å². The summed E-state index contributed by atoms with van der Waals surface area (Å²) in [6, 6.07) is 0. The van der Waals surface area contributed by atoms with Crippen LogP contribution in [-0.4, -0.2) is 29.4 Å². The summed E-state index contributed by atoms with van der Waals surface area (Å²) in [7, 11) is 0. The van der Waals surface area contributed by atoms with Gasteiger partial charge in [-0.25, -0.2) is 4.79 Å². The zero-order chi connectivity index (χ0) is 13.3. The number of carbonyl (C=O) groups is 3. The van der Waals surface area contributed by atoms with Gasteiger partial charge in [0.25, 0.3) is 0 Å². The number of ether oxygens (including phenoxy) is 1. The minimum absolute atomic E-state index is 0.183. The second-order valence-corrected chi connectivity index (χ2v) is 3.79. The molecule has 0 atom stereocenters. The largest absolute Gasteiger partial charge is 0.478 e. The molecule has 0 aromatic carbocycles. The number of carboxylic acid groups (broad SMARTS) is 1. The molecule has 0 rings (SSSR count). The van der Waals surface area contributed by atoms with E-state index in [0.717, 1.165) is 6.42 Å². The van der Waals surface area contributed by atoms with Crippen molar-refractivity contribution in [3.63, 3.8) is 0 Å². The van der Waals surface area contributed by atoms with Crippen molar-refractivity contribution in [2.24, 2.45) is 0 Å². The minimum atomic E-state index is -0.919. The lowest BCUT2D eigenvalue weighted by Gasteiger charge is -2.02. The molecule has 0 radical (unpaired) electrons. The Balaban J connectivity index is 3.53. The van der Waals surface area contributed by atoms with Crippen LogP contribution in [0.25, 0.3) is 0 Å². The number of hydrogen-bond donors (Lipinski definition) is 1. The van der Waals surface area contributed by atoms with Gasteiger partial charge in [-0.3, -0.25) is 9.59 Å². The number of hydrogen-bond acceptors (Lipinski definition) is 4. The van der Waals surface area contributed by atoms with Gasteiger partial charge in [-0.05, 0) is 33.1 Å². The predicted octanol–water partition coefficient (Wildman–Crippen LogP) is 1.71. The Morgan fingerprint density at radius 3 is 2.35 bits per heavy atom. The SMILES string of the molecule is CC(=O)CC(=O)OCCCCC=C(C)C(=O)O. The van der Waals surface area contributed by atoms with Gasteiger partial charge in [0.05, 0.1) is 6.61 Å². The van der Waals surface area contributed by atoms with E-state index in [1.807, 2.05) is 0 Å². The lowest BCUT2D eigenvalue weighted by Crippen LogP contribution is -2.09. The topological polar surface area (TPSA) is 80.7 Å². The zero-order valence-corrected chi connectivity index (χ0v) is 10.2. The first-order valence-corrected chi connectivity index (χ1v) is 5.48. The maximum atomic E-state index is 11.0. The van der Waals surface area contributed by atoms with Gasteiger partial charge >= 0.3 is 11.9 Å². The van der Waals surface area contributed by atoms with Crippen LogP contribution in [0.3, 0.4) is 0 Å². The Morgan fingerprint density at radius 1 is 1.18 bits per heavy atom. The normalized spacial score (nSPS) is 11.1. The highest BCUT2D eigenvalue weighted by atomic mass is 16.5. The first kappa shape index (κ1) is 15.3. The summed E-state index contributed by atoms with van der Waals surface area (Å²) in [6.07, 6.45) is 3.51. The van der Waals surface area contributed by atoms with E-state index < -0.39 is 11.9 Å². The van der Waals surface area contributed by atoms with Gasteiger partial charge in [-0.2, -0.15) is 0 Å². The first-order chi connectivity index (χ1) is 7.93. The molecule has 0 aromatic rings. The number of carbonyl (C=O) groups excluding carboxylic acids is 2. The van der Waals surface area contributed by atoms with Crippen LogP contribution in [0.1, 0.15) is 39.5 Å². The number of unbranched alkanes of at least 4 members (excludes halogenated alkanes) is 2. The van der Waals surface area contributed by atoms with E-state index in [1.54, 1.807) is 6.08 Å². The predicted molar refractivity (Wildman–Crippen MR) is 61.5 cm³/mol. The molecule has 5 nitrogen and oxygen atoms in total. The Morgan fingerprint density at radius 2 is 1.82 bits per heavy atom. The van der Waals surface area contributed by atoms with E-state index in [4.69, 9.17) is 9.84 Å². The maximum absolute atomic E-state index is 11.0. The Labute approximate surface area is 100 Å². The third kappa shape index (κ3) is 9.29. The third-order valence-corrected chi connectivity index (χ3v) is 2.04. The number of esters is 1. The Bertz CT molecular complexity index is 317. The maximum Gasteiger partial charge on any atom is 0.330 e. The first-order valence-electron chi connectivity index (χ1n) is 5.48. The number of aliphatic carboxylic acids is 1. The smallest absolute Gasteiger partial charge is 0.330 e. The van der Waals surface area contributed by atoms with Crippen LogP contribution in [0.15, 0.2) is 11.6 Å². The van der Waals surface area contributed by atoms with Gasteiger partial charge in [0, 0.05) is 5.57 Å². The van der Waals surface area contributed by atoms with Gasteiger partial charge in [0.15, 0.2) is 0 Å². The fraction of sp³-hybridized carbons (Fsp3) is 0.583. The lowest BCUT2D eigenvalue weighted by molar-refractivity contribution is -0.145. The number of rotatable bonds is 8. The summed E-state index contributed by atoms with van der Waals surface area (Å²) < 4.78 is 4.81. The van der Waals surface area contributed by atoms with Gasteiger partial charge in [0.1, 0.15) is 12.2 Å². The third-order valence-electron chi connectivity index (χ3n) is 2.04. The van der Waals surface area contributed by atoms with Crippen molar-refractivity contribution < 1.29 is 24.2 Å². The van der Waals surface area contributed by atoms with Crippen LogP contribution >= 0.6 is 0 Å². The van der Waals surface area contributed by atoms with E-state index in [9.17, 15) is 14.4 Å². The quantitative estimate of drug-likeness (QED) is 0.303. The molecule has 17 heavy (non-hydrogen) atoms. The highest BCUT2D eigenvalue weighted by molar-refractivity contribution is 5.94. The molecule has 0 heterocycles. The standard InChI is InChI=1S/C12H18O5/c1-9(12(15)16)6-4-3-5-7-17-11(14)8-10(2)13/h6H,3-5,7-8H2,1-2H3,(H,15,16). The molecule has 0 fully saturated rings. The molecule has 0 aromatic heterocycles. The van der Waals surface area contributed by atoms with E-state index in [-0.39, 0.29) is 18.8 Å². The van der Waals surface area contributed by atoms with Crippen LogP contribution in [0.5, 0.6) is 0 Å². The molecule has 5 heteroatoms. The van der Waals surface area contributed by atoms with E-state index in [2.05, 4.69) is 0 Å². The van der Waals surface area contributed by atoms with Gasteiger partial charge < -0.3 is 9.84 Å². The fourth-order valence-corrected chi connectivity index (χ4v) is 1.09. The van der Waals surface area contributed by atoms with Crippen molar-refractivity contribution in [1.29, 1.82) is 0 Å². The van der Waals surface area contributed by atoms with Crippen LogP contribution in [0.4, 0.5) is 0 Å². The summed E-state index contributed by atoms with van der Waals surface area (Å²) in [4.78, 5) is 32.0. The second-order valence-electron chi connectivity index (χ2n) is 3.79.